The lowest BCUT2D eigenvalue weighted by Crippen LogP contribution is -2.49. The predicted molar refractivity (Wildman–Crippen MR) is 61.9 cm³/mol. The largest absolute Gasteiger partial charge is 0.394 e. The van der Waals surface area contributed by atoms with Crippen LogP contribution in [0.4, 0.5) is 0 Å². The van der Waals surface area contributed by atoms with Gasteiger partial charge in [0.15, 0.2) is 0 Å². The highest BCUT2D eigenvalue weighted by molar-refractivity contribution is 4.82. The van der Waals surface area contributed by atoms with Gasteiger partial charge in [-0.3, -0.25) is 0 Å². The second-order valence-corrected chi connectivity index (χ2v) is 5.08. The number of aliphatic hydroxyl groups is 1. The van der Waals surface area contributed by atoms with Gasteiger partial charge in [0.05, 0.1) is 24.9 Å². The molecular weight excluding hydrogens is 190 g/mol. The highest BCUT2D eigenvalue weighted by Gasteiger charge is 2.27. The summed E-state index contributed by atoms with van der Waals surface area (Å²) in [5, 5.41) is 12.3. The van der Waals surface area contributed by atoms with Crippen LogP contribution < -0.4 is 5.32 Å². The molecule has 0 aliphatic heterocycles. The van der Waals surface area contributed by atoms with E-state index in [1.165, 1.54) is 25.7 Å². The minimum absolute atomic E-state index is 0.116. The van der Waals surface area contributed by atoms with E-state index in [1.54, 1.807) is 0 Å². The second-order valence-electron chi connectivity index (χ2n) is 5.08. The number of rotatable bonds is 5. The first-order valence-electron chi connectivity index (χ1n) is 6.02. The number of aliphatic hydroxyl groups excluding tert-OH is 1. The Balaban J connectivity index is 2.34. The molecule has 0 amide bonds. The maximum Gasteiger partial charge on any atom is 0.0671 e. The van der Waals surface area contributed by atoms with E-state index < -0.39 is 0 Å². The van der Waals surface area contributed by atoms with Gasteiger partial charge >= 0.3 is 0 Å². The summed E-state index contributed by atoms with van der Waals surface area (Å²) in [4.78, 5) is 0. The number of hydrogen-bond acceptors (Lipinski definition) is 3. The van der Waals surface area contributed by atoms with Crippen LogP contribution in [0.5, 0.6) is 0 Å². The predicted octanol–water partition coefficient (Wildman–Crippen LogP) is 1.55. The molecule has 0 aromatic heterocycles. The average molecular weight is 215 g/mol. The molecule has 0 heterocycles. The standard InChI is InChI=1S/C12H25NO2/c1-10-6-4-5-7-11(10)15-9-12(2,8-14)13-3/h10-11,13-14H,4-9H2,1-3H3. The molecule has 0 saturated heterocycles. The van der Waals surface area contributed by atoms with Gasteiger partial charge in [0.2, 0.25) is 0 Å². The van der Waals surface area contributed by atoms with Crippen molar-refractivity contribution in [3.63, 3.8) is 0 Å². The van der Waals surface area contributed by atoms with Crippen molar-refractivity contribution in [2.75, 3.05) is 20.3 Å². The Morgan fingerprint density at radius 3 is 2.60 bits per heavy atom. The Morgan fingerprint density at radius 1 is 1.40 bits per heavy atom. The maximum absolute atomic E-state index is 9.24. The Labute approximate surface area is 93.2 Å². The van der Waals surface area contributed by atoms with Crippen molar-refractivity contribution < 1.29 is 9.84 Å². The molecule has 1 saturated carbocycles. The third-order valence-electron chi connectivity index (χ3n) is 3.60. The topological polar surface area (TPSA) is 41.5 Å². The fraction of sp³-hybridized carbons (Fsp3) is 1.00. The fourth-order valence-corrected chi connectivity index (χ4v) is 2.02. The van der Waals surface area contributed by atoms with Crippen LogP contribution in [-0.2, 0) is 4.74 Å². The Kier molecular flexibility index (Phi) is 5.03. The normalized spacial score (nSPS) is 31.2. The lowest BCUT2D eigenvalue weighted by atomic mass is 9.88. The highest BCUT2D eigenvalue weighted by atomic mass is 16.5. The number of hydrogen-bond donors (Lipinski definition) is 2. The number of nitrogens with one attached hydrogen (secondary N) is 1. The lowest BCUT2D eigenvalue weighted by molar-refractivity contribution is -0.0406. The van der Waals surface area contributed by atoms with Gasteiger partial charge in [-0.05, 0) is 32.7 Å². The molecule has 1 aliphatic rings. The molecule has 2 N–H and O–H groups in total. The SMILES string of the molecule is CNC(C)(CO)COC1CCCCC1C. The van der Waals surface area contributed by atoms with E-state index in [1.807, 2.05) is 14.0 Å². The van der Waals surface area contributed by atoms with Crippen LogP contribution in [0.1, 0.15) is 39.5 Å². The van der Waals surface area contributed by atoms with Gasteiger partial charge in [0, 0.05) is 0 Å². The molecular formula is C12H25NO2. The van der Waals surface area contributed by atoms with Crippen molar-refractivity contribution in [1.82, 2.24) is 5.32 Å². The Morgan fingerprint density at radius 2 is 2.07 bits per heavy atom. The van der Waals surface area contributed by atoms with Crippen LogP contribution >= 0.6 is 0 Å². The van der Waals surface area contributed by atoms with Gasteiger partial charge in [-0.1, -0.05) is 19.8 Å². The maximum atomic E-state index is 9.24. The van der Waals surface area contributed by atoms with Crippen molar-refractivity contribution in [2.45, 2.75) is 51.2 Å². The summed E-state index contributed by atoms with van der Waals surface area (Å²) in [7, 11) is 1.86. The monoisotopic (exact) mass is 215 g/mol. The third-order valence-corrected chi connectivity index (χ3v) is 3.60. The molecule has 90 valence electrons. The molecule has 1 fully saturated rings. The van der Waals surface area contributed by atoms with Gasteiger partial charge in [-0.15, -0.1) is 0 Å². The molecule has 3 atom stereocenters. The van der Waals surface area contributed by atoms with E-state index in [-0.39, 0.29) is 12.1 Å². The first kappa shape index (κ1) is 12.9. The summed E-state index contributed by atoms with van der Waals surface area (Å²) in [5.74, 6) is 0.665. The summed E-state index contributed by atoms with van der Waals surface area (Å²) >= 11 is 0. The third kappa shape index (κ3) is 3.74. The van der Waals surface area contributed by atoms with Crippen LogP contribution in [0.3, 0.4) is 0 Å². The van der Waals surface area contributed by atoms with E-state index in [4.69, 9.17) is 4.74 Å². The van der Waals surface area contributed by atoms with E-state index >= 15 is 0 Å². The summed E-state index contributed by atoms with van der Waals surface area (Å²) < 4.78 is 5.92. The zero-order valence-electron chi connectivity index (χ0n) is 10.3. The van der Waals surface area contributed by atoms with Gasteiger partial charge in [0.1, 0.15) is 0 Å². The second kappa shape index (κ2) is 5.83. The minimum Gasteiger partial charge on any atom is -0.394 e. The van der Waals surface area contributed by atoms with E-state index in [9.17, 15) is 5.11 Å². The molecule has 0 bridgehead atoms. The number of ether oxygens (including phenoxy) is 1. The van der Waals surface area contributed by atoms with Crippen LogP contribution in [0.25, 0.3) is 0 Å². The smallest absolute Gasteiger partial charge is 0.0671 e. The van der Waals surface area contributed by atoms with Crippen molar-refractivity contribution in [3.8, 4) is 0 Å². The van der Waals surface area contributed by atoms with Crippen LogP contribution in [0.2, 0.25) is 0 Å². The zero-order chi connectivity index (χ0) is 11.3. The first-order chi connectivity index (χ1) is 7.11. The molecule has 3 nitrogen and oxygen atoms in total. The molecule has 0 spiro atoms. The zero-order valence-corrected chi connectivity index (χ0v) is 10.3. The van der Waals surface area contributed by atoms with Crippen LogP contribution in [0.15, 0.2) is 0 Å². The molecule has 3 heteroatoms. The molecule has 0 aromatic carbocycles. The van der Waals surface area contributed by atoms with Gasteiger partial charge in [0.25, 0.3) is 0 Å². The first-order valence-corrected chi connectivity index (χ1v) is 6.02. The van der Waals surface area contributed by atoms with Crippen molar-refractivity contribution in [2.24, 2.45) is 5.92 Å². The summed E-state index contributed by atoms with van der Waals surface area (Å²) in [6, 6.07) is 0. The van der Waals surface area contributed by atoms with Crippen molar-refractivity contribution in [3.05, 3.63) is 0 Å². The quantitative estimate of drug-likeness (QED) is 0.731. The van der Waals surface area contributed by atoms with Gasteiger partial charge < -0.3 is 15.2 Å². The summed E-state index contributed by atoms with van der Waals surface area (Å²) in [6.07, 6.45) is 5.46. The van der Waals surface area contributed by atoms with Crippen LogP contribution in [-0.4, -0.2) is 37.0 Å². The molecule has 15 heavy (non-hydrogen) atoms. The average Bonchev–Trinajstić information content (AvgIpc) is 2.28. The Hall–Kier alpha value is -0.120. The molecule has 1 rings (SSSR count). The van der Waals surface area contributed by atoms with Crippen LogP contribution in [0, 0.1) is 5.92 Å². The van der Waals surface area contributed by atoms with Crippen molar-refractivity contribution in [1.29, 1.82) is 0 Å². The highest BCUT2D eigenvalue weighted by Crippen LogP contribution is 2.26. The minimum atomic E-state index is -0.294. The van der Waals surface area contributed by atoms with E-state index in [0.717, 1.165) is 0 Å². The number of likely N-dealkylation sites (N-methyl/N-ethyl adjacent to an activating group) is 1. The van der Waals surface area contributed by atoms with E-state index in [2.05, 4.69) is 12.2 Å². The summed E-state index contributed by atoms with van der Waals surface area (Å²) in [5.41, 5.74) is -0.294. The molecule has 0 radical (unpaired) electrons. The summed E-state index contributed by atoms with van der Waals surface area (Å²) in [6.45, 7) is 4.96. The van der Waals surface area contributed by atoms with Crippen molar-refractivity contribution >= 4 is 0 Å². The molecule has 0 aromatic rings. The van der Waals surface area contributed by atoms with E-state index in [0.29, 0.717) is 18.6 Å². The fourth-order valence-electron chi connectivity index (χ4n) is 2.02. The molecule has 1 aliphatic carbocycles. The molecule has 3 unspecified atom stereocenters. The lowest BCUT2D eigenvalue weighted by Gasteiger charge is -2.33. The Bertz CT molecular complexity index is 180. The van der Waals surface area contributed by atoms with Gasteiger partial charge in [-0.25, -0.2) is 0 Å². The van der Waals surface area contributed by atoms with Gasteiger partial charge in [-0.2, -0.15) is 0 Å².